The Kier molecular flexibility index (Phi) is 6.14. The van der Waals surface area contributed by atoms with E-state index in [4.69, 9.17) is 17.3 Å². The molecular weight excluding hydrogens is 362 g/mol. The first kappa shape index (κ1) is 19.4. The lowest BCUT2D eigenvalue weighted by atomic mass is 9.93. The van der Waals surface area contributed by atoms with Gasteiger partial charge in [-0.25, -0.2) is 0 Å². The largest absolute Gasteiger partial charge is 0.369 e. The highest BCUT2D eigenvalue weighted by molar-refractivity contribution is 6.31. The van der Waals surface area contributed by atoms with Gasteiger partial charge < -0.3 is 16.0 Å². The summed E-state index contributed by atoms with van der Waals surface area (Å²) in [6.45, 7) is 3.39. The van der Waals surface area contributed by atoms with Crippen molar-refractivity contribution in [3.05, 3.63) is 64.7 Å². The molecule has 1 saturated heterocycles. The quantitative estimate of drug-likeness (QED) is 0.736. The second-order valence-electron chi connectivity index (χ2n) is 7.13. The van der Waals surface area contributed by atoms with E-state index in [1.165, 1.54) is 0 Å². The minimum absolute atomic E-state index is 0.0753. The maximum atomic E-state index is 13.2. The number of aryl methyl sites for hydroxylation is 1. The van der Waals surface area contributed by atoms with Crippen molar-refractivity contribution in [2.45, 2.75) is 25.8 Å². The molecule has 2 amide bonds. The normalized spacial score (nSPS) is 20.7. The topological polar surface area (TPSA) is 76.6 Å². The van der Waals surface area contributed by atoms with Gasteiger partial charge in [-0.2, -0.15) is 0 Å². The number of benzene rings is 2. The van der Waals surface area contributed by atoms with Crippen LogP contribution >= 0.6 is 11.6 Å². The fourth-order valence-corrected chi connectivity index (χ4v) is 3.85. The van der Waals surface area contributed by atoms with Crippen molar-refractivity contribution in [2.75, 3.05) is 18.4 Å². The molecule has 3 rings (SSSR count). The predicted molar refractivity (Wildman–Crippen MR) is 107 cm³/mol. The molecule has 27 heavy (non-hydrogen) atoms. The highest BCUT2D eigenvalue weighted by atomic mass is 35.5. The zero-order valence-corrected chi connectivity index (χ0v) is 16.1. The number of anilines is 1. The van der Waals surface area contributed by atoms with Crippen molar-refractivity contribution in [1.82, 2.24) is 0 Å². The minimum atomic E-state index is -0.347. The van der Waals surface area contributed by atoms with Gasteiger partial charge in [-0.15, -0.1) is 0 Å². The Morgan fingerprint density at radius 3 is 2.41 bits per heavy atom. The van der Waals surface area contributed by atoms with E-state index < -0.39 is 0 Å². The number of nitrogens with one attached hydrogen (secondary N) is 2. The van der Waals surface area contributed by atoms with Crippen molar-refractivity contribution < 1.29 is 14.5 Å². The minimum Gasteiger partial charge on any atom is -0.369 e. The van der Waals surface area contributed by atoms with E-state index in [0.717, 1.165) is 29.1 Å². The van der Waals surface area contributed by atoms with Crippen LogP contribution in [0.3, 0.4) is 0 Å². The standard InChI is InChI=1S/C21H24ClN3O2/c1-14-7-8-17(13-18(14)22)24-21(27)19(15-5-3-2-4-6-15)25-11-9-16(10-12-25)20(23)26/h2-8,13,16,19H,9-12H2,1H3,(H2,23,26)(H,24,27)/p+1/t19-/m0/s1. The summed E-state index contributed by atoms with van der Waals surface area (Å²) >= 11 is 6.19. The number of halogens is 1. The number of piperidine rings is 1. The molecule has 2 aromatic rings. The Bertz CT molecular complexity index is 817. The summed E-state index contributed by atoms with van der Waals surface area (Å²) in [5, 5.41) is 3.63. The van der Waals surface area contributed by atoms with Gasteiger partial charge >= 0.3 is 0 Å². The van der Waals surface area contributed by atoms with Crippen LogP contribution in [-0.2, 0) is 9.59 Å². The summed E-state index contributed by atoms with van der Waals surface area (Å²) in [5.41, 5.74) is 8.06. The second kappa shape index (κ2) is 8.55. The molecule has 0 saturated carbocycles. The third-order valence-electron chi connectivity index (χ3n) is 5.27. The first-order valence-electron chi connectivity index (χ1n) is 9.21. The van der Waals surface area contributed by atoms with Gasteiger partial charge in [-0.05, 0) is 24.6 Å². The van der Waals surface area contributed by atoms with Crippen LogP contribution in [0.15, 0.2) is 48.5 Å². The molecule has 1 atom stereocenters. The summed E-state index contributed by atoms with van der Waals surface area (Å²) in [4.78, 5) is 25.8. The van der Waals surface area contributed by atoms with Crippen LogP contribution in [0, 0.1) is 12.8 Å². The Morgan fingerprint density at radius 1 is 1.15 bits per heavy atom. The van der Waals surface area contributed by atoms with Crippen LogP contribution in [0.25, 0.3) is 0 Å². The van der Waals surface area contributed by atoms with E-state index in [-0.39, 0.29) is 23.8 Å². The molecule has 0 aliphatic carbocycles. The highest BCUT2D eigenvalue weighted by Gasteiger charge is 2.36. The maximum Gasteiger partial charge on any atom is 0.287 e. The third-order valence-corrected chi connectivity index (χ3v) is 5.68. The first-order chi connectivity index (χ1) is 13.0. The predicted octanol–water partition coefficient (Wildman–Crippen LogP) is 2.11. The van der Waals surface area contributed by atoms with Crippen LogP contribution in [0.2, 0.25) is 5.02 Å². The molecule has 4 N–H and O–H groups in total. The lowest BCUT2D eigenvalue weighted by Crippen LogP contribution is -3.14. The monoisotopic (exact) mass is 386 g/mol. The zero-order valence-electron chi connectivity index (χ0n) is 15.4. The number of amides is 2. The number of carbonyl (C=O) groups is 2. The Labute approximate surface area is 164 Å². The van der Waals surface area contributed by atoms with Crippen molar-refractivity contribution in [1.29, 1.82) is 0 Å². The molecule has 1 fully saturated rings. The van der Waals surface area contributed by atoms with Gasteiger partial charge in [0.2, 0.25) is 5.91 Å². The lowest BCUT2D eigenvalue weighted by molar-refractivity contribution is -0.927. The van der Waals surface area contributed by atoms with Gasteiger partial charge in [0.05, 0.1) is 13.1 Å². The van der Waals surface area contributed by atoms with E-state index in [2.05, 4.69) is 5.32 Å². The maximum absolute atomic E-state index is 13.2. The smallest absolute Gasteiger partial charge is 0.287 e. The van der Waals surface area contributed by atoms with Crippen LogP contribution in [0.5, 0.6) is 0 Å². The summed E-state index contributed by atoms with van der Waals surface area (Å²) in [6, 6.07) is 14.9. The summed E-state index contributed by atoms with van der Waals surface area (Å²) < 4.78 is 0. The number of hydrogen-bond donors (Lipinski definition) is 3. The van der Waals surface area contributed by atoms with Crippen LogP contribution in [-0.4, -0.2) is 24.9 Å². The molecule has 0 bridgehead atoms. The molecular formula is C21H25ClN3O2+. The van der Waals surface area contributed by atoms with Crippen LogP contribution in [0.1, 0.15) is 30.0 Å². The molecule has 1 aliphatic rings. The SMILES string of the molecule is Cc1ccc(NC(=O)[C@H](c2ccccc2)[NH+]2CCC(C(N)=O)CC2)cc1Cl. The Hall–Kier alpha value is -2.37. The second-order valence-corrected chi connectivity index (χ2v) is 7.54. The number of rotatable bonds is 5. The Morgan fingerprint density at radius 2 is 1.81 bits per heavy atom. The lowest BCUT2D eigenvalue weighted by Gasteiger charge is -2.33. The van der Waals surface area contributed by atoms with Gasteiger partial charge in [-0.1, -0.05) is 48.0 Å². The van der Waals surface area contributed by atoms with Gasteiger partial charge in [-0.3, -0.25) is 9.59 Å². The van der Waals surface area contributed by atoms with E-state index >= 15 is 0 Å². The summed E-state index contributed by atoms with van der Waals surface area (Å²) in [7, 11) is 0. The van der Waals surface area contributed by atoms with Crippen molar-refractivity contribution >= 4 is 29.1 Å². The summed E-state index contributed by atoms with van der Waals surface area (Å²) in [6.07, 6.45) is 1.41. The van der Waals surface area contributed by atoms with Crippen molar-refractivity contribution in [2.24, 2.45) is 11.7 Å². The number of nitrogens with two attached hydrogens (primary N) is 1. The van der Waals surface area contributed by atoms with Gasteiger partial charge in [0.25, 0.3) is 5.91 Å². The number of quaternary nitrogens is 1. The number of primary amides is 1. The molecule has 2 aromatic carbocycles. The zero-order chi connectivity index (χ0) is 19.4. The molecule has 0 unspecified atom stereocenters. The van der Waals surface area contributed by atoms with Crippen LogP contribution in [0.4, 0.5) is 5.69 Å². The van der Waals surface area contributed by atoms with Gasteiger partial charge in [0.1, 0.15) is 0 Å². The van der Waals surface area contributed by atoms with E-state index in [1.54, 1.807) is 6.07 Å². The average Bonchev–Trinajstić information content (AvgIpc) is 2.66. The molecule has 0 spiro atoms. The van der Waals surface area contributed by atoms with Crippen molar-refractivity contribution in [3.8, 4) is 0 Å². The number of likely N-dealkylation sites (tertiary alicyclic amines) is 1. The van der Waals surface area contributed by atoms with Crippen molar-refractivity contribution in [3.63, 3.8) is 0 Å². The summed E-state index contributed by atoms with van der Waals surface area (Å²) in [5.74, 6) is -0.415. The molecule has 1 heterocycles. The van der Waals surface area contributed by atoms with Gasteiger partial charge in [0, 0.05) is 35.0 Å². The van der Waals surface area contributed by atoms with Crippen LogP contribution < -0.4 is 16.0 Å². The first-order valence-corrected chi connectivity index (χ1v) is 9.59. The third kappa shape index (κ3) is 4.67. The molecule has 5 nitrogen and oxygen atoms in total. The fraction of sp³-hybridized carbons (Fsp3) is 0.333. The molecule has 6 heteroatoms. The fourth-order valence-electron chi connectivity index (χ4n) is 3.66. The van der Waals surface area contributed by atoms with E-state index in [1.807, 2.05) is 49.4 Å². The number of hydrogen-bond acceptors (Lipinski definition) is 2. The Balaban J connectivity index is 1.81. The average molecular weight is 387 g/mol. The molecule has 1 aliphatic heterocycles. The molecule has 0 aromatic heterocycles. The van der Waals surface area contributed by atoms with E-state index in [9.17, 15) is 9.59 Å². The molecule has 0 radical (unpaired) electrons. The van der Waals surface area contributed by atoms with Gasteiger partial charge in [0.15, 0.2) is 6.04 Å². The van der Waals surface area contributed by atoms with E-state index in [0.29, 0.717) is 23.6 Å². The molecule has 142 valence electrons. The number of carbonyl (C=O) groups excluding carboxylic acids is 2. The highest BCUT2D eigenvalue weighted by Crippen LogP contribution is 2.22.